The second-order valence-electron chi connectivity index (χ2n) is 17.2. The smallest absolute Gasteiger partial charge is 0.268 e. The molecule has 0 aliphatic carbocycles. The monoisotopic (exact) mass is 1150 g/mol. The van der Waals surface area contributed by atoms with Crippen molar-refractivity contribution in [1.29, 1.82) is 0 Å². The van der Waals surface area contributed by atoms with Crippen molar-refractivity contribution in [2.24, 2.45) is 0 Å². The standard InChI is InChI=1S/C28H29N7O3S.C21H23N7O.CH4.CH3.W/c1-18-8-10-22(11-9-18)39(36,37)34-13-12-23-24(6-5-7-25(23)34)28-29-26(33-14-15-38-17-19(33)2)16-27(30-28)35-20(3)31-32-21(35)4;1-13-12-29-10-9-27(13)19-11-20(28-14(2)25-26-15(28)3)24-21(23-19)17-5-4-6-18-16(17)7-8-22-18;;;/h5-13,16,19H,14-15,17H2,1-4H3;4-8,11,13,22H,9-10,12H2,1-3H3;1H4;1H3;/q;;;-1;/t19-;13-;;;/m11.../s1. The third kappa shape index (κ3) is 10.0. The van der Waals surface area contributed by atoms with Crippen LogP contribution in [-0.4, -0.2) is 118 Å². The van der Waals surface area contributed by atoms with Crippen molar-refractivity contribution in [3.8, 4) is 34.4 Å². The molecular weight excluding hydrogens is 1090 g/mol. The van der Waals surface area contributed by atoms with Crippen LogP contribution in [0.5, 0.6) is 0 Å². The van der Waals surface area contributed by atoms with Gasteiger partial charge >= 0.3 is 0 Å². The van der Waals surface area contributed by atoms with Gasteiger partial charge < -0.3 is 31.7 Å². The van der Waals surface area contributed by atoms with Gasteiger partial charge in [-0.15, -0.1) is 20.4 Å². The summed E-state index contributed by atoms with van der Waals surface area (Å²) in [4.78, 5) is 27.8. The minimum absolute atomic E-state index is 0. The van der Waals surface area contributed by atoms with Crippen molar-refractivity contribution in [2.75, 3.05) is 49.3 Å². The quantitative estimate of drug-likeness (QED) is 0.143. The van der Waals surface area contributed by atoms with Gasteiger partial charge in [0.25, 0.3) is 10.0 Å². The second-order valence-corrected chi connectivity index (χ2v) is 19.0. The average molecular weight is 1150 g/mol. The number of nitrogens with one attached hydrogen (secondary N) is 1. The van der Waals surface area contributed by atoms with E-state index in [9.17, 15) is 8.42 Å². The number of aromatic amines is 1. The number of anilines is 2. The number of nitrogens with zero attached hydrogens (tertiary/aromatic N) is 13. The van der Waals surface area contributed by atoms with Crippen LogP contribution in [-0.2, 0) is 40.6 Å². The van der Waals surface area contributed by atoms with Crippen molar-refractivity contribution < 1.29 is 39.0 Å². The first-order valence-corrected chi connectivity index (χ1v) is 24.0. The molecule has 2 saturated heterocycles. The number of hydrogen-bond acceptors (Lipinski definition) is 14. The Balaban J connectivity index is 0.000000208. The van der Waals surface area contributed by atoms with Gasteiger partial charge in [0.05, 0.1) is 48.9 Å². The Morgan fingerprint density at radius 3 is 1.59 bits per heavy atom. The fourth-order valence-corrected chi connectivity index (χ4v) is 10.3. The maximum absolute atomic E-state index is 13.5. The summed E-state index contributed by atoms with van der Waals surface area (Å²) in [5.74, 6) is 7.29. The van der Waals surface area contributed by atoms with E-state index in [-0.39, 0.29) is 52.9 Å². The van der Waals surface area contributed by atoms with E-state index in [1.54, 1.807) is 42.6 Å². The van der Waals surface area contributed by atoms with E-state index in [0.29, 0.717) is 67.6 Å². The molecule has 20 heteroatoms. The van der Waals surface area contributed by atoms with Crippen molar-refractivity contribution in [3.63, 3.8) is 0 Å². The zero-order chi connectivity index (χ0) is 47.3. The molecule has 18 nitrogen and oxygen atoms in total. The van der Waals surface area contributed by atoms with E-state index in [0.717, 1.165) is 68.6 Å². The van der Waals surface area contributed by atoms with E-state index >= 15 is 0 Å². The fraction of sp³-hybridized carbons (Fsp3) is 0.314. The van der Waals surface area contributed by atoms with Crippen LogP contribution >= 0.6 is 0 Å². The maximum atomic E-state index is 13.5. The van der Waals surface area contributed by atoms with Crippen LogP contribution in [0.4, 0.5) is 11.6 Å². The normalized spacial score (nSPS) is 15.9. The number of benzene rings is 3. The molecule has 1 N–H and O–H groups in total. The third-order valence-electron chi connectivity index (χ3n) is 12.5. The Morgan fingerprint density at radius 2 is 1.08 bits per heavy atom. The topological polar surface area (TPSA) is 193 Å². The number of ether oxygens (including phenoxy) is 2. The number of aryl methyl sites for hydroxylation is 5. The molecule has 3 aromatic carbocycles. The predicted molar refractivity (Wildman–Crippen MR) is 273 cm³/mol. The van der Waals surface area contributed by atoms with E-state index in [1.165, 1.54) is 3.97 Å². The summed E-state index contributed by atoms with van der Waals surface area (Å²) in [5.41, 5.74) is 4.35. The van der Waals surface area contributed by atoms with Crippen LogP contribution in [0.1, 0.15) is 50.1 Å². The van der Waals surface area contributed by atoms with E-state index in [2.05, 4.69) is 67.2 Å². The number of morpholine rings is 2. The fourth-order valence-electron chi connectivity index (χ4n) is 8.99. The summed E-state index contributed by atoms with van der Waals surface area (Å²) in [5, 5.41) is 18.7. The molecule has 0 saturated carbocycles. The first-order chi connectivity index (χ1) is 32.8. The van der Waals surface area contributed by atoms with E-state index in [1.807, 2.05) is 80.3 Å². The largest absolute Gasteiger partial charge is 0.377 e. The van der Waals surface area contributed by atoms with Crippen LogP contribution in [0, 0.1) is 42.0 Å². The number of hydrogen-bond donors (Lipinski definition) is 1. The van der Waals surface area contributed by atoms with Gasteiger partial charge in [0.1, 0.15) is 46.6 Å². The molecule has 6 aromatic heterocycles. The van der Waals surface area contributed by atoms with Gasteiger partial charge in [0.2, 0.25) is 0 Å². The molecule has 2 fully saturated rings. The molecule has 0 spiro atoms. The summed E-state index contributed by atoms with van der Waals surface area (Å²) in [6.07, 6.45) is 3.53. The van der Waals surface area contributed by atoms with Crippen LogP contribution < -0.4 is 9.80 Å². The Labute approximate surface area is 428 Å². The zero-order valence-corrected chi connectivity index (χ0v) is 44.1. The van der Waals surface area contributed by atoms with Crippen LogP contribution in [0.15, 0.2) is 102 Å². The van der Waals surface area contributed by atoms with Gasteiger partial charge in [0.15, 0.2) is 11.6 Å². The number of H-pyrrole nitrogens is 1. The summed E-state index contributed by atoms with van der Waals surface area (Å²) in [6, 6.07) is 26.8. The van der Waals surface area contributed by atoms with Crippen molar-refractivity contribution >= 4 is 43.5 Å². The first-order valence-electron chi connectivity index (χ1n) is 22.6. The Hall–Kier alpha value is -6.66. The Morgan fingerprint density at radius 1 is 0.606 bits per heavy atom. The van der Waals surface area contributed by atoms with Crippen LogP contribution in [0.2, 0.25) is 0 Å². The number of fused-ring (bicyclic) bond motifs is 2. The Bertz CT molecular complexity index is 3380. The molecule has 11 rings (SSSR count). The second kappa shape index (κ2) is 21.4. The van der Waals surface area contributed by atoms with Crippen LogP contribution in [0.3, 0.4) is 0 Å². The van der Waals surface area contributed by atoms with Gasteiger partial charge in [-0.25, -0.2) is 32.3 Å². The minimum Gasteiger partial charge on any atom is -0.377 e. The van der Waals surface area contributed by atoms with Crippen molar-refractivity contribution in [2.45, 2.75) is 72.9 Å². The van der Waals surface area contributed by atoms with Gasteiger partial charge in [0, 0.05) is 86.1 Å². The molecular formula is C51H59N14O4SW-. The molecule has 0 unspecified atom stereocenters. The van der Waals surface area contributed by atoms with E-state index < -0.39 is 10.0 Å². The SMILES string of the molecule is C.Cc1ccc(S(=O)(=O)n2ccc3c(-c4nc(N5CCOC[C@H]5C)cc(-n5c(C)nnc5C)n4)cccc32)cc1.Cc1nnc(C)n1-c1cc(N2CCOC[C@H]2C)nc(-c2cccc3[nH]ccc23)n1.[CH3-].[W]. The summed E-state index contributed by atoms with van der Waals surface area (Å²) in [7, 11) is -3.79. The van der Waals surface area contributed by atoms with Crippen LogP contribution in [0.25, 0.3) is 56.2 Å². The number of rotatable bonds is 8. The summed E-state index contributed by atoms with van der Waals surface area (Å²) in [6.45, 7) is 17.9. The predicted octanol–water partition coefficient (Wildman–Crippen LogP) is 8.20. The summed E-state index contributed by atoms with van der Waals surface area (Å²) < 4.78 is 43.6. The molecule has 2 atom stereocenters. The van der Waals surface area contributed by atoms with Crippen molar-refractivity contribution in [1.82, 2.24) is 58.4 Å². The molecule has 8 heterocycles. The molecule has 2 aliphatic rings. The molecule has 0 amide bonds. The molecule has 9 aromatic rings. The molecule has 370 valence electrons. The van der Waals surface area contributed by atoms with Gasteiger partial charge in [-0.1, -0.05) is 49.4 Å². The zero-order valence-electron chi connectivity index (χ0n) is 40.4. The van der Waals surface area contributed by atoms with Gasteiger partial charge in [-0.05, 0) is 84.9 Å². The third-order valence-corrected chi connectivity index (χ3v) is 14.2. The molecule has 0 radical (unpaired) electrons. The van der Waals surface area contributed by atoms with E-state index in [4.69, 9.17) is 29.4 Å². The molecule has 2 aliphatic heterocycles. The van der Waals surface area contributed by atoms with Crippen molar-refractivity contribution in [3.05, 3.63) is 134 Å². The van der Waals surface area contributed by atoms with Gasteiger partial charge in [-0.2, -0.15) is 0 Å². The maximum Gasteiger partial charge on any atom is 0.268 e. The first kappa shape index (κ1) is 52.2. The average Bonchev–Trinajstić information content (AvgIpc) is 4.15. The molecule has 71 heavy (non-hydrogen) atoms. The van der Waals surface area contributed by atoms with Gasteiger partial charge in [-0.3, -0.25) is 9.13 Å². The Kier molecular flexibility index (Phi) is 15.7. The molecule has 0 bridgehead atoms. The minimum atomic E-state index is -3.79. The number of aromatic nitrogens is 12. The summed E-state index contributed by atoms with van der Waals surface area (Å²) >= 11 is 0.